The van der Waals surface area contributed by atoms with Crippen molar-refractivity contribution in [1.29, 1.82) is 0 Å². The molecule has 0 heterocycles. The predicted octanol–water partition coefficient (Wildman–Crippen LogP) is 3.20. The summed E-state index contributed by atoms with van der Waals surface area (Å²) < 4.78 is 0. The minimum absolute atomic E-state index is 0.549. The summed E-state index contributed by atoms with van der Waals surface area (Å²) in [6, 6.07) is 6.05. The highest BCUT2D eigenvalue weighted by Gasteiger charge is 2.03. The Balaban J connectivity index is 3.06. The molecular weight excluding hydrogens is 224 g/mol. The number of hydrogen-bond acceptors (Lipinski definition) is 4. The van der Waals surface area contributed by atoms with Crippen LogP contribution in [-0.2, 0) is 13.1 Å². The van der Waals surface area contributed by atoms with E-state index in [4.69, 9.17) is 0 Å². The lowest BCUT2D eigenvalue weighted by Gasteiger charge is -2.07. The van der Waals surface area contributed by atoms with Crippen LogP contribution in [0.5, 0.6) is 0 Å². The minimum Gasteiger partial charge on any atom is -0.228 e. The largest absolute Gasteiger partial charge is 0.228 e. The maximum atomic E-state index is 4.56. The van der Waals surface area contributed by atoms with Crippen molar-refractivity contribution in [2.45, 2.75) is 20.0 Å². The van der Waals surface area contributed by atoms with E-state index >= 15 is 0 Å². The van der Waals surface area contributed by atoms with Crippen molar-refractivity contribution in [3.8, 4) is 0 Å². The molecule has 2 nitrogen and oxygen atoms in total. The van der Waals surface area contributed by atoms with Crippen LogP contribution in [0.1, 0.15) is 16.7 Å². The zero-order valence-corrected chi connectivity index (χ0v) is 9.99. The molecule has 1 rings (SSSR count). The summed E-state index contributed by atoms with van der Waals surface area (Å²) in [4.78, 5) is 7.88. The predicted molar refractivity (Wildman–Crippen MR) is 68.6 cm³/mol. The van der Waals surface area contributed by atoms with Crippen molar-refractivity contribution >= 4 is 34.8 Å². The van der Waals surface area contributed by atoms with Gasteiger partial charge in [0.15, 0.2) is 0 Å². The molecule has 0 saturated carbocycles. The summed E-state index contributed by atoms with van der Waals surface area (Å²) in [6.07, 6.45) is 0. The van der Waals surface area contributed by atoms with Gasteiger partial charge < -0.3 is 0 Å². The molecule has 15 heavy (non-hydrogen) atoms. The van der Waals surface area contributed by atoms with Crippen LogP contribution in [0, 0.1) is 6.92 Å². The maximum absolute atomic E-state index is 4.56. The van der Waals surface area contributed by atoms with Gasteiger partial charge in [-0.1, -0.05) is 18.2 Å². The Bertz CT molecular complexity index is 442. The number of rotatable bonds is 4. The number of thiocarbonyl (C=S) groups is 2. The van der Waals surface area contributed by atoms with Gasteiger partial charge in [0.1, 0.15) is 0 Å². The van der Waals surface area contributed by atoms with Crippen LogP contribution < -0.4 is 0 Å². The molecule has 1 aromatic rings. The Hall–Kier alpha value is -1.18. The number of benzene rings is 1. The first-order valence-electron chi connectivity index (χ1n) is 4.44. The molecule has 0 saturated heterocycles. The number of aliphatic imine (C=N–C) groups is 2. The third-order valence-corrected chi connectivity index (χ3v) is 2.38. The summed E-state index contributed by atoms with van der Waals surface area (Å²) >= 11 is 9.10. The molecule has 0 unspecified atom stereocenters. The van der Waals surface area contributed by atoms with Gasteiger partial charge in [0.25, 0.3) is 0 Å². The SMILES string of the molecule is Cc1cccc(CN=C=S)c1CN=C=S. The first-order valence-corrected chi connectivity index (χ1v) is 5.26. The average molecular weight is 234 g/mol. The Labute approximate surface area is 99.8 Å². The van der Waals surface area contributed by atoms with Gasteiger partial charge in [-0.25, -0.2) is 9.98 Å². The summed E-state index contributed by atoms with van der Waals surface area (Å²) in [7, 11) is 0. The molecule has 0 aromatic heterocycles. The quantitative estimate of drug-likeness (QED) is 0.590. The van der Waals surface area contributed by atoms with Gasteiger partial charge in [0, 0.05) is 0 Å². The molecular formula is C11H10N2S2. The van der Waals surface area contributed by atoms with Gasteiger partial charge in [0.2, 0.25) is 0 Å². The molecule has 0 fully saturated rings. The van der Waals surface area contributed by atoms with Crippen LogP contribution in [0.2, 0.25) is 0 Å². The fraction of sp³-hybridized carbons (Fsp3) is 0.273. The summed E-state index contributed by atoms with van der Waals surface area (Å²) in [6.45, 7) is 3.14. The third-order valence-electron chi connectivity index (χ3n) is 2.12. The van der Waals surface area contributed by atoms with Gasteiger partial charge in [-0.2, -0.15) is 0 Å². The van der Waals surface area contributed by atoms with Gasteiger partial charge in [-0.15, -0.1) is 0 Å². The van der Waals surface area contributed by atoms with Crippen LogP contribution in [0.25, 0.3) is 0 Å². The van der Waals surface area contributed by atoms with Gasteiger partial charge in [-0.05, 0) is 48.0 Å². The fourth-order valence-corrected chi connectivity index (χ4v) is 1.50. The van der Waals surface area contributed by atoms with Crippen LogP contribution in [-0.4, -0.2) is 10.3 Å². The minimum atomic E-state index is 0.549. The molecule has 0 aliphatic heterocycles. The normalized spacial score (nSPS) is 8.87. The Morgan fingerprint density at radius 2 is 1.80 bits per heavy atom. The summed E-state index contributed by atoms with van der Waals surface area (Å²) in [5.41, 5.74) is 3.44. The molecule has 0 amide bonds. The maximum Gasteiger partial charge on any atom is 0.0749 e. The van der Waals surface area contributed by atoms with Gasteiger partial charge >= 0.3 is 0 Å². The smallest absolute Gasteiger partial charge is 0.0749 e. The summed E-state index contributed by atoms with van der Waals surface area (Å²) in [5.74, 6) is 0. The van der Waals surface area contributed by atoms with Crippen molar-refractivity contribution in [2.75, 3.05) is 0 Å². The fourth-order valence-electron chi connectivity index (χ4n) is 1.37. The first-order chi connectivity index (χ1) is 7.29. The second-order valence-corrected chi connectivity index (χ2v) is 3.39. The molecule has 76 valence electrons. The van der Waals surface area contributed by atoms with E-state index in [0.717, 1.165) is 11.1 Å². The molecule has 0 bridgehead atoms. The highest BCUT2D eigenvalue weighted by atomic mass is 32.1. The van der Waals surface area contributed by atoms with Crippen molar-refractivity contribution in [3.05, 3.63) is 34.9 Å². The number of nitrogens with zero attached hydrogens (tertiary/aromatic N) is 2. The average Bonchev–Trinajstić information content (AvgIpc) is 2.25. The van der Waals surface area contributed by atoms with E-state index in [2.05, 4.69) is 44.7 Å². The number of aryl methyl sites for hydroxylation is 1. The number of isothiocyanates is 2. The van der Waals surface area contributed by atoms with Crippen LogP contribution in [0.4, 0.5) is 0 Å². The van der Waals surface area contributed by atoms with Crippen molar-refractivity contribution in [1.82, 2.24) is 0 Å². The number of hydrogen-bond donors (Lipinski definition) is 0. The molecule has 0 aliphatic carbocycles. The van der Waals surface area contributed by atoms with E-state index in [9.17, 15) is 0 Å². The lowest BCUT2D eigenvalue weighted by molar-refractivity contribution is 0.975. The second-order valence-electron chi connectivity index (χ2n) is 3.03. The molecule has 0 N–H and O–H groups in total. The van der Waals surface area contributed by atoms with Gasteiger partial charge in [-0.3, -0.25) is 0 Å². The molecule has 0 radical (unpaired) electrons. The van der Waals surface area contributed by atoms with E-state index < -0.39 is 0 Å². The molecule has 0 atom stereocenters. The van der Waals surface area contributed by atoms with Crippen LogP contribution in [0.3, 0.4) is 0 Å². The summed E-state index contributed by atoms with van der Waals surface area (Å²) in [5, 5.41) is 4.73. The van der Waals surface area contributed by atoms with E-state index in [-0.39, 0.29) is 0 Å². The standard InChI is InChI=1S/C11H10N2S2/c1-9-3-2-4-10(5-12-7-14)11(9)6-13-8-15/h2-4H,5-6H2,1H3. The van der Waals surface area contributed by atoms with E-state index in [1.54, 1.807) is 0 Å². The van der Waals surface area contributed by atoms with Crippen molar-refractivity contribution < 1.29 is 0 Å². The van der Waals surface area contributed by atoms with Crippen molar-refractivity contribution in [2.24, 2.45) is 9.98 Å². The van der Waals surface area contributed by atoms with Crippen LogP contribution in [0.15, 0.2) is 28.2 Å². The first kappa shape index (κ1) is 11.9. The topological polar surface area (TPSA) is 24.7 Å². The second kappa shape index (κ2) is 6.33. The monoisotopic (exact) mass is 234 g/mol. The highest BCUT2D eigenvalue weighted by molar-refractivity contribution is 7.78. The van der Waals surface area contributed by atoms with Crippen LogP contribution >= 0.6 is 24.4 Å². The third kappa shape index (κ3) is 3.46. The van der Waals surface area contributed by atoms with Gasteiger partial charge in [0.05, 0.1) is 23.4 Å². The Kier molecular flexibility index (Phi) is 5.02. The Morgan fingerprint density at radius 1 is 1.13 bits per heavy atom. The zero-order valence-electron chi connectivity index (χ0n) is 8.36. The molecule has 4 heteroatoms. The highest BCUT2D eigenvalue weighted by Crippen LogP contribution is 2.16. The molecule has 0 aliphatic rings. The lowest BCUT2D eigenvalue weighted by Crippen LogP contribution is -1.95. The van der Waals surface area contributed by atoms with E-state index in [1.807, 2.05) is 25.1 Å². The molecule has 1 aromatic carbocycles. The van der Waals surface area contributed by atoms with Crippen molar-refractivity contribution in [3.63, 3.8) is 0 Å². The zero-order chi connectivity index (χ0) is 11.1. The Morgan fingerprint density at radius 3 is 2.47 bits per heavy atom. The lowest BCUT2D eigenvalue weighted by atomic mass is 10.0. The molecule has 0 spiro atoms. The van der Waals surface area contributed by atoms with E-state index in [1.165, 1.54) is 5.56 Å². The van der Waals surface area contributed by atoms with E-state index in [0.29, 0.717) is 13.1 Å².